The van der Waals surface area contributed by atoms with Gasteiger partial charge in [-0.15, -0.1) is 0 Å². The maximum absolute atomic E-state index is 11.6. The zero-order valence-corrected chi connectivity index (χ0v) is 11.3. The van der Waals surface area contributed by atoms with Gasteiger partial charge in [0.05, 0.1) is 24.4 Å². The molecule has 1 aromatic rings. The summed E-state index contributed by atoms with van der Waals surface area (Å²) in [5.74, 6) is -0.751. The standard InChI is InChI=1S/C12H14ClNO5/c1-7(16)14-10-6-11(19-4-3-15)8(5-9(10)13)12(17)18-2/h5-6,15H,3-4H2,1-2H3,(H,14,16). The number of methoxy groups -OCH3 is 1. The Morgan fingerprint density at radius 2 is 2.11 bits per heavy atom. The van der Waals surface area contributed by atoms with Gasteiger partial charge < -0.3 is 19.9 Å². The van der Waals surface area contributed by atoms with Crippen LogP contribution in [-0.2, 0) is 9.53 Å². The molecule has 0 heterocycles. The second-order valence-corrected chi connectivity index (χ2v) is 3.98. The van der Waals surface area contributed by atoms with Gasteiger partial charge in [0.2, 0.25) is 5.91 Å². The Bertz CT molecular complexity index is 489. The third-order valence-electron chi connectivity index (χ3n) is 2.13. The molecule has 7 heteroatoms. The van der Waals surface area contributed by atoms with Crippen molar-refractivity contribution in [1.29, 1.82) is 0 Å². The zero-order valence-electron chi connectivity index (χ0n) is 10.5. The number of esters is 1. The molecule has 0 aromatic heterocycles. The van der Waals surface area contributed by atoms with Gasteiger partial charge in [0.15, 0.2) is 0 Å². The summed E-state index contributed by atoms with van der Waals surface area (Å²) in [6.45, 7) is 1.13. The summed E-state index contributed by atoms with van der Waals surface area (Å²) in [7, 11) is 1.23. The van der Waals surface area contributed by atoms with Crippen molar-refractivity contribution in [2.24, 2.45) is 0 Å². The van der Waals surface area contributed by atoms with Crippen molar-refractivity contribution < 1.29 is 24.2 Å². The molecule has 104 valence electrons. The molecular formula is C12H14ClNO5. The minimum atomic E-state index is -0.621. The molecule has 0 atom stereocenters. The lowest BCUT2D eigenvalue weighted by molar-refractivity contribution is -0.114. The monoisotopic (exact) mass is 287 g/mol. The first kappa shape index (κ1) is 15.3. The first-order chi connectivity index (χ1) is 8.99. The quantitative estimate of drug-likeness (QED) is 0.801. The SMILES string of the molecule is COC(=O)c1cc(Cl)c(NC(C)=O)cc1OCCO. The largest absolute Gasteiger partial charge is 0.490 e. The van der Waals surface area contributed by atoms with Gasteiger partial charge in [-0.1, -0.05) is 11.6 Å². The Hall–Kier alpha value is -1.79. The number of nitrogens with one attached hydrogen (secondary N) is 1. The smallest absolute Gasteiger partial charge is 0.341 e. The second kappa shape index (κ2) is 6.96. The highest BCUT2D eigenvalue weighted by Gasteiger charge is 2.17. The maximum atomic E-state index is 11.6. The average Bonchev–Trinajstić information content (AvgIpc) is 2.37. The number of aliphatic hydroxyl groups excluding tert-OH is 1. The predicted octanol–water partition coefficient (Wildman–Crippen LogP) is 1.46. The fraction of sp³-hybridized carbons (Fsp3) is 0.333. The highest BCUT2D eigenvalue weighted by Crippen LogP contribution is 2.31. The van der Waals surface area contributed by atoms with E-state index in [0.717, 1.165) is 0 Å². The van der Waals surface area contributed by atoms with Crippen LogP contribution < -0.4 is 10.1 Å². The first-order valence-electron chi connectivity index (χ1n) is 5.42. The van der Waals surface area contributed by atoms with Crippen LogP contribution in [-0.4, -0.2) is 37.3 Å². The van der Waals surface area contributed by atoms with Crippen molar-refractivity contribution in [3.8, 4) is 5.75 Å². The number of benzene rings is 1. The van der Waals surface area contributed by atoms with Crippen LogP contribution in [0, 0.1) is 0 Å². The van der Waals surface area contributed by atoms with Crippen LogP contribution in [0.2, 0.25) is 5.02 Å². The van der Waals surface area contributed by atoms with Crippen LogP contribution >= 0.6 is 11.6 Å². The van der Waals surface area contributed by atoms with E-state index < -0.39 is 5.97 Å². The van der Waals surface area contributed by atoms with Gasteiger partial charge in [0, 0.05) is 13.0 Å². The third kappa shape index (κ3) is 4.11. The molecule has 0 aliphatic carbocycles. The van der Waals surface area contributed by atoms with Crippen LogP contribution in [0.4, 0.5) is 5.69 Å². The molecule has 1 aromatic carbocycles. The summed E-state index contributed by atoms with van der Waals surface area (Å²) in [6.07, 6.45) is 0. The molecule has 0 radical (unpaired) electrons. The molecule has 0 bridgehead atoms. The highest BCUT2D eigenvalue weighted by atomic mass is 35.5. The Morgan fingerprint density at radius 1 is 1.42 bits per heavy atom. The number of hydrogen-bond acceptors (Lipinski definition) is 5. The van der Waals surface area contributed by atoms with E-state index in [9.17, 15) is 9.59 Å². The summed E-state index contributed by atoms with van der Waals surface area (Å²) in [5.41, 5.74) is 0.435. The molecule has 2 N–H and O–H groups in total. The lowest BCUT2D eigenvalue weighted by Gasteiger charge is -2.13. The second-order valence-electron chi connectivity index (χ2n) is 3.57. The van der Waals surface area contributed by atoms with Crippen molar-refractivity contribution in [3.63, 3.8) is 0 Å². The van der Waals surface area contributed by atoms with E-state index in [-0.39, 0.29) is 35.5 Å². The van der Waals surface area contributed by atoms with Gasteiger partial charge in [-0.25, -0.2) is 4.79 Å². The van der Waals surface area contributed by atoms with E-state index >= 15 is 0 Å². The van der Waals surface area contributed by atoms with Crippen molar-refractivity contribution >= 4 is 29.2 Å². The Labute approximate surface area is 115 Å². The number of rotatable bonds is 5. The van der Waals surface area contributed by atoms with Gasteiger partial charge >= 0.3 is 5.97 Å². The van der Waals surface area contributed by atoms with Crippen LogP contribution in [0.5, 0.6) is 5.75 Å². The van der Waals surface area contributed by atoms with Crippen LogP contribution in [0.25, 0.3) is 0 Å². The Kier molecular flexibility index (Phi) is 5.59. The summed E-state index contributed by atoms with van der Waals surface area (Å²) in [6, 6.07) is 2.75. The number of carbonyl (C=O) groups excluding carboxylic acids is 2. The number of hydrogen-bond donors (Lipinski definition) is 2. The molecule has 0 spiro atoms. The summed E-state index contributed by atoms with van der Waals surface area (Å²) >= 11 is 5.95. The average molecular weight is 288 g/mol. The number of ether oxygens (including phenoxy) is 2. The van der Waals surface area contributed by atoms with Crippen molar-refractivity contribution in [2.45, 2.75) is 6.92 Å². The molecule has 19 heavy (non-hydrogen) atoms. The zero-order chi connectivity index (χ0) is 14.4. The van der Waals surface area contributed by atoms with E-state index in [1.165, 1.54) is 26.2 Å². The molecule has 0 unspecified atom stereocenters. The molecule has 6 nitrogen and oxygen atoms in total. The van der Waals surface area contributed by atoms with Gasteiger partial charge in [0.1, 0.15) is 17.9 Å². The highest BCUT2D eigenvalue weighted by molar-refractivity contribution is 6.34. The van der Waals surface area contributed by atoms with Gasteiger partial charge in [0.25, 0.3) is 0 Å². The fourth-order valence-electron chi connectivity index (χ4n) is 1.38. The lowest BCUT2D eigenvalue weighted by atomic mass is 10.1. The number of anilines is 1. The van der Waals surface area contributed by atoms with Crippen LogP contribution in [0.1, 0.15) is 17.3 Å². The van der Waals surface area contributed by atoms with E-state index in [1.807, 2.05) is 0 Å². The molecule has 0 aliphatic heterocycles. The molecule has 1 amide bonds. The summed E-state index contributed by atoms with van der Waals surface area (Å²) in [4.78, 5) is 22.6. The van der Waals surface area contributed by atoms with Gasteiger partial charge in [-0.05, 0) is 6.07 Å². The number of carbonyl (C=O) groups is 2. The molecular weight excluding hydrogens is 274 g/mol. The van der Waals surface area contributed by atoms with E-state index in [1.54, 1.807) is 0 Å². The lowest BCUT2D eigenvalue weighted by Crippen LogP contribution is -2.11. The maximum Gasteiger partial charge on any atom is 0.341 e. The van der Waals surface area contributed by atoms with E-state index in [0.29, 0.717) is 5.69 Å². The number of aliphatic hydroxyl groups is 1. The third-order valence-corrected chi connectivity index (χ3v) is 2.45. The van der Waals surface area contributed by atoms with E-state index in [2.05, 4.69) is 10.1 Å². The Morgan fingerprint density at radius 3 is 2.63 bits per heavy atom. The van der Waals surface area contributed by atoms with Crippen LogP contribution in [0.15, 0.2) is 12.1 Å². The van der Waals surface area contributed by atoms with Crippen molar-refractivity contribution in [3.05, 3.63) is 22.7 Å². The topological polar surface area (TPSA) is 84.9 Å². The summed E-state index contributed by atoms with van der Waals surface area (Å²) < 4.78 is 9.83. The summed E-state index contributed by atoms with van der Waals surface area (Å²) in [5, 5.41) is 11.4. The van der Waals surface area contributed by atoms with E-state index in [4.69, 9.17) is 21.4 Å². The molecule has 0 aliphatic rings. The van der Waals surface area contributed by atoms with Gasteiger partial charge in [-0.2, -0.15) is 0 Å². The minimum absolute atomic E-state index is 0.00510. The molecule has 1 rings (SSSR count). The number of halogens is 1. The van der Waals surface area contributed by atoms with Crippen molar-refractivity contribution in [1.82, 2.24) is 0 Å². The predicted molar refractivity (Wildman–Crippen MR) is 69.7 cm³/mol. The molecule has 0 saturated heterocycles. The van der Waals surface area contributed by atoms with Crippen LogP contribution in [0.3, 0.4) is 0 Å². The Balaban J connectivity index is 3.19. The first-order valence-corrected chi connectivity index (χ1v) is 5.80. The normalized spacial score (nSPS) is 9.89. The fourth-order valence-corrected chi connectivity index (χ4v) is 1.59. The minimum Gasteiger partial charge on any atom is -0.490 e. The molecule has 0 fully saturated rings. The molecule has 0 saturated carbocycles. The van der Waals surface area contributed by atoms with Gasteiger partial charge in [-0.3, -0.25) is 4.79 Å². The van der Waals surface area contributed by atoms with Crippen molar-refractivity contribution in [2.75, 3.05) is 25.6 Å². The number of amides is 1.